The van der Waals surface area contributed by atoms with Crippen molar-refractivity contribution in [3.63, 3.8) is 0 Å². The number of rotatable bonds is 6. The Kier molecular flexibility index (Phi) is 5.53. The van der Waals surface area contributed by atoms with Gasteiger partial charge in [0, 0.05) is 5.39 Å². The molecule has 0 unspecified atom stereocenters. The van der Waals surface area contributed by atoms with E-state index in [0.29, 0.717) is 22.2 Å². The quantitative estimate of drug-likeness (QED) is 0.682. The summed E-state index contributed by atoms with van der Waals surface area (Å²) in [5, 5.41) is 8.28. The van der Waals surface area contributed by atoms with Gasteiger partial charge in [-0.3, -0.25) is 9.59 Å². The van der Waals surface area contributed by atoms with E-state index in [-0.39, 0.29) is 31.2 Å². The van der Waals surface area contributed by atoms with Crippen molar-refractivity contribution in [2.24, 2.45) is 0 Å². The normalized spacial score (nSPS) is 10.4. The summed E-state index contributed by atoms with van der Waals surface area (Å²) in [6.07, 6.45) is 5.32. The van der Waals surface area contributed by atoms with Gasteiger partial charge in [0.2, 0.25) is 0 Å². The molecule has 3 aromatic rings. The van der Waals surface area contributed by atoms with Gasteiger partial charge in [0.25, 0.3) is 11.5 Å². The molecule has 136 valence electrons. The zero-order valence-corrected chi connectivity index (χ0v) is 14.9. The fourth-order valence-corrected chi connectivity index (χ4v) is 2.72. The molecule has 27 heavy (non-hydrogen) atoms. The molecule has 0 fully saturated rings. The molecule has 0 aliphatic rings. The first-order valence-electron chi connectivity index (χ1n) is 8.47. The second kappa shape index (κ2) is 8.19. The van der Waals surface area contributed by atoms with Gasteiger partial charge in [-0.1, -0.05) is 36.3 Å². The third-order valence-corrected chi connectivity index (χ3v) is 4.00. The first-order chi connectivity index (χ1) is 13.1. The van der Waals surface area contributed by atoms with Crippen LogP contribution in [-0.4, -0.2) is 22.3 Å². The summed E-state index contributed by atoms with van der Waals surface area (Å²) in [6.45, 7) is 2.09. The van der Waals surface area contributed by atoms with Gasteiger partial charge >= 0.3 is 0 Å². The number of hydrogen-bond acceptors (Lipinski definition) is 4. The molecule has 0 bridgehead atoms. The Balaban J connectivity index is 1.72. The number of aryl methyl sites for hydroxylation is 1. The van der Waals surface area contributed by atoms with Crippen molar-refractivity contribution in [2.45, 2.75) is 20.0 Å². The third-order valence-electron chi connectivity index (χ3n) is 4.00. The first-order valence-corrected chi connectivity index (χ1v) is 8.47. The zero-order valence-electron chi connectivity index (χ0n) is 14.9. The standard InChI is InChI=1S/C21H19N3O3/c1-3-11-24-21(26)18-10-5-4-9-17(18)19(23-24)13-22-20(25)14-27-16-8-6-7-15(2)12-16/h1,4-10,12H,11,13-14H2,2H3,(H,22,25). The molecule has 3 rings (SSSR count). The number of ether oxygens (including phenoxy) is 1. The maximum absolute atomic E-state index is 12.4. The maximum atomic E-state index is 12.4. The van der Waals surface area contributed by atoms with Crippen LogP contribution in [0.25, 0.3) is 10.8 Å². The van der Waals surface area contributed by atoms with Crippen LogP contribution in [0.3, 0.4) is 0 Å². The van der Waals surface area contributed by atoms with Crippen LogP contribution < -0.4 is 15.6 Å². The average molecular weight is 361 g/mol. The van der Waals surface area contributed by atoms with Gasteiger partial charge in [0.05, 0.1) is 17.6 Å². The second-order valence-electron chi connectivity index (χ2n) is 6.04. The van der Waals surface area contributed by atoms with E-state index in [0.717, 1.165) is 5.56 Å². The van der Waals surface area contributed by atoms with Crippen molar-refractivity contribution < 1.29 is 9.53 Å². The molecule has 0 aliphatic heterocycles. The highest BCUT2D eigenvalue weighted by Crippen LogP contribution is 2.14. The van der Waals surface area contributed by atoms with Crippen molar-refractivity contribution in [1.82, 2.24) is 15.1 Å². The highest BCUT2D eigenvalue weighted by molar-refractivity contribution is 5.84. The molecule has 0 atom stereocenters. The number of terminal acetylenes is 1. The molecule has 1 N–H and O–H groups in total. The summed E-state index contributed by atoms with van der Waals surface area (Å²) in [4.78, 5) is 24.5. The summed E-state index contributed by atoms with van der Waals surface area (Å²) in [5.74, 6) is 2.77. The fraction of sp³-hybridized carbons (Fsp3) is 0.190. The topological polar surface area (TPSA) is 73.2 Å². The predicted molar refractivity (Wildman–Crippen MR) is 103 cm³/mol. The summed E-state index contributed by atoms with van der Waals surface area (Å²) in [7, 11) is 0. The number of benzene rings is 2. The third kappa shape index (κ3) is 4.33. The van der Waals surface area contributed by atoms with Crippen molar-refractivity contribution in [3.05, 3.63) is 70.1 Å². The van der Waals surface area contributed by atoms with Crippen LogP contribution in [-0.2, 0) is 17.9 Å². The van der Waals surface area contributed by atoms with Gasteiger partial charge in [-0.2, -0.15) is 5.10 Å². The molecule has 1 heterocycles. The van der Waals surface area contributed by atoms with Gasteiger partial charge in [-0.15, -0.1) is 6.42 Å². The fourth-order valence-electron chi connectivity index (χ4n) is 2.72. The van der Waals surface area contributed by atoms with Gasteiger partial charge in [-0.25, -0.2) is 4.68 Å². The lowest BCUT2D eigenvalue weighted by molar-refractivity contribution is -0.123. The molecule has 1 amide bonds. The van der Waals surface area contributed by atoms with Gasteiger partial charge in [-0.05, 0) is 30.7 Å². The Bertz CT molecular complexity index is 1080. The molecule has 0 spiro atoms. The van der Waals surface area contributed by atoms with E-state index in [9.17, 15) is 9.59 Å². The number of carbonyl (C=O) groups is 1. The lowest BCUT2D eigenvalue weighted by atomic mass is 10.1. The van der Waals surface area contributed by atoms with Gasteiger partial charge in [0.15, 0.2) is 6.61 Å². The molecule has 6 heteroatoms. The number of nitrogens with one attached hydrogen (secondary N) is 1. The van der Waals surface area contributed by atoms with E-state index in [1.807, 2.05) is 31.2 Å². The molecule has 0 saturated carbocycles. The molecule has 6 nitrogen and oxygen atoms in total. The van der Waals surface area contributed by atoms with Crippen LogP contribution in [0.4, 0.5) is 0 Å². The van der Waals surface area contributed by atoms with Gasteiger partial charge < -0.3 is 10.1 Å². The SMILES string of the molecule is C#CCn1nc(CNC(=O)COc2cccc(C)c2)c2ccccc2c1=O. The summed E-state index contributed by atoms with van der Waals surface area (Å²) in [6, 6.07) is 14.6. The minimum atomic E-state index is -0.280. The van der Waals surface area contributed by atoms with Crippen LogP contribution in [0.5, 0.6) is 5.75 Å². The van der Waals surface area contributed by atoms with Crippen molar-refractivity contribution >= 4 is 16.7 Å². The largest absolute Gasteiger partial charge is 0.484 e. The summed E-state index contributed by atoms with van der Waals surface area (Å²) < 4.78 is 6.72. The summed E-state index contributed by atoms with van der Waals surface area (Å²) in [5.41, 5.74) is 1.38. The van der Waals surface area contributed by atoms with Crippen molar-refractivity contribution in [3.8, 4) is 18.1 Å². The number of amides is 1. The molecular weight excluding hydrogens is 342 g/mol. The number of hydrogen-bond donors (Lipinski definition) is 1. The number of nitrogens with zero attached hydrogens (tertiary/aromatic N) is 2. The summed E-state index contributed by atoms with van der Waals surface area (Å²) >= 11 is 0. The van der Waals surface area contributed by atoms with Crippen molar-refractivity contribution in [1.29, 1.82) is 0 Å². The molecule has 1 aromatic heterocycles. The molecular formula is C21H19N3O3. The van der Waals surface area contributed by atoms with Crippen LogP contribution in [0, 0.1) is 19.3 Å². The first kappa shape index (κ1) is 18.2. The Morgan fingerprint density at radius 3 is 2.74 bits per heavy atom. The number of aromatic nitrogens is 2. The lowest BCUT2D eigenvalue weighted by Gasteiger charge is -2.11. The van der Waals surface area contributed by atoms with Crippen molar-refractivity contribution in [2.75, 3.05) is 6.61 Å². The number of carbonyl (C=O) groups excluding carboxylic acids is 1. The van der Waals surface area contributed by atoms with E-state index in [2.05, 4.69) is 16.3 Å². The highest BCUT2D eigenvalue weighted by atomic mass is 16.5. The van der Waals surface area contributed by atoms with Crippen LogP contribution in [0.1, 0.15) is 11.3 Å². The van der Waals surface area contributed by atoms with Crippen LogP contribution in [0.15, 0.2) is 53.3 Å². The molecule has 0 aliphatic carbocycles. The molecule has 0 radical (unpaired) electrons. The predicted octanol–water partition coefficient (Wildman–Crippen LogP) is 2.03. The van der Waals surface area contributed by atoms with E-state index in [1.165, 1.54) is 4.68 Å². The Morgan fingerprint density at radius 1 is 1.22 bits per heavy atom. The highest BCUT2D eigenvalue weighted by Gasteiger charge is 2.11. The minimum absolute atomic E-state index is 0.0705. The Hall–Kier alpha value is -3.59. The van der Waals surface area contributed by atoms with E-state index < -0.39 is 0 Å². The van der Waals surface area contributed by atoms with Crippen LogP contribution in [0.2, 0.25) is 0 Å². The Morgan fingerprint density at radius 2 is 2.00 bits per heavy atom. The zero-order chi connectivity index (χ0) is 19.2. The van der Waals surface area contributed by atoms with Crippen LogP contribution >= 0.6 is 0 Å². The van der Waals surface area contributed by atoms with E-state index >= 15 is 0 Å². The average Bonchev–Trinajstić information content (AvgIpc) is 2.68. The monoisotopic (exact) mass is 361 g/mol. The van der Waals surface area contributed by atoms with E-state index in [4.69, 9.17) is 11.2 Å². The smallest absolute Gasteiger partial charge is 0.275 e. The molecule has 2 aromatic carbocycles. The molecule has 0 saturated heterocycles. The van der Waals surface area contributed by atoms with E-state index in [1.54, 1.807) is 24.3 Å². The second-order valence-corrected chi connectivity index (χ2v) is 6.04. The Labute approximate surface area is 156 Å². The maximum Gasteiger partial charge on any atom is 0.275 e. The lowest BCUT2D eigenvalue weighted by Crippen LogP contribution is -2.31. The minimum Gasteiger partial charge on any atom is -0.484 e. The number of fused-ring (bicyclic) bond motifs is 1. The van der Waals surface area contributed by atoms with Gasteiger partial charge in [0.1, 0.15) is 12.3 Å².